The highest BCUT2D eigenvalue weighted by Crippen LogP contribution is 2.33. The molecule has 112 valence electrons. The highest BCUT2D eigenvalue weighted by Gasteiger charge is 2.42. The number of amides is 1. The van der Waals surface area contributed by atoms with E-state index < -0.39 is 0 Å². The van der Waals surface area contributed by atoms with Gasteiger partial charge in [0.05, 0.1) is 13.0 Å². The first-order valence-electron chi connectivity index (χ1n) is 7.34. The van der Waals surface area contributed by atoms with Gasteiger partial charge in [0.1, 0.15) is 11.5 Å². The molecule has 5 heteroatoms. The van der Waals surface area contributed by atoms with Crippen molar-refractivity contribution in [1.29, 1.82) is 0 Å². The standard InChI is InChI=1S/C16H19NO4/c1-20-11-4-6-12(7-5-11)21-16(19)13-8-9-15(18)17-10-2-3-14(13)17/h4-7,13-14H,2-3,8-10H2,1H3/t13-,14+/m0/s1. The minimum atomic E-state index is -0.232. The Labute approximate surface area is 123 Å². The van der Waals surface area contributed by atoms with Crippen molar-refractivity contribution in [3.05, 3.63) is 24.3 Å². The Bertz CT molecular complexity index is 540. The number of carbonyl (C=O) groups is 2. The maximum Gasteiger partial charge on any atom is 0.316 e. The number of rotatable bonds is 3. The smallest absolute Gasteiger partial charge is 0.316 e. The summed E-state index contributed by atoms with van der Waals surface area (Å²) in [5, 5.41) is 0. The Morgan fingerprint density at radius 1 is 1.19 bits per heavy atom. The van der Waals surface area contributed by atoms with Crippen molar-refractivity contribution in [2.75, 3.05) is 13.7 Å². The second kappa shape index (κ2) is 5.76. The van der Waals surface area contributed by atoms with Gasteiger partial charge in [-0.2, -0.15) is 0 Å². The minimum absolute atomic E-state index is 0.0250. The number of hydrogen-bond acceptors (Lipinski definition) is 4. The molecule has 0 unspecified atom stereocenters. The van der Waals surface area contributed by atoms with Crippen molar-refractivity contribution < 1.29 is 19.1 Å². The summed E-state index contributed by atoms with van der Waals surface area (Å²) in [7, 11) is 1.59. The fourth-order valence-electron chi connectivity index (χ4n) is 3.25. The molecule has 1 aromatic rings. The average Bonchev–Trinajstić information content (AvgIpc) is 2.98. The normalized spacial score (nSPS) is 24.6. The number of fused-ring (bicyclic) bond motifs is 1. The molecule has 2 heterocycles. The molecule has 0 spiro atoms. The highest BCUT2D eigenvalue weighted by molar-refractivity contribution is 5.83. The second-order valence-electron chi connectivity index (χ2n) is 5.54. The lowest BCUT2D eigenvalue weighted by Crippen LogP contribution is -2.48. The molecule has 3 rings (SSSR count). The first-order chi connectivity index (χ1) is 10.2. The van der Waals surface area contributed by atoms with Crippen LogP contribution in [0.4, 0.5) is 0 Å². The molecule has 2 aliphatic rings. The number of carbonyl (C=O) groups excluding carboxylic acids is 2. The predicted octanol–water partition coefficient (Wildman–Crippen LogP) is 2.00. The number of hydrogen-bond donors (Lipinski definition) is 0. The number of esters is 1. The van der Waals surface area contributed by atoms with Crippen molar-refractivity contribution in [1.82, 2.24) is 4.90 Å². The van der Waals surface area contributed by atoms with E-state index in [1.165, 1.54) is 0 Å². The largest absolute Gasteiger partial charge is 0.497 e. The maximum atomic E-state index is 12.4. The molecule has 2 atom stereocenters. The van der Waals surface area contributed by atoms with Gasteiger partial charge in [-0.05, 0) is 43.5 Å². The fourth-order valence-corrected chi connectivity index (χ4v) is 3.25. The van der Waals surface area contributed by atoms with Crippen LogP contribution in [0, 0.1) is 5.92 Å². The average molecular weight is 289 g/mol. The molecule has 2 aliphatic heterocycles. The first kappa shape index (κ1) is 13.9. The van der Waals surface area contributed by atoms with Gasteiger partial charge in [-0.15, -0.1) is 0 Å². The Morgan fingerprint density at radius 2 is 1.90 bits per heavy atom. The maximum absolute atomic E-state index is 12.4. The number of nitrogens with zero attached hydrogens (tertiary/aromatic N) is 1. The number of benzene rings is 1. The van der Waals surface area contributed by atoms with Crippen LogP contribution in [0.15, 0.2) is 24.3 Å². The lowest BCUT2D eigenvalue weighted by Gasteiger charge is -2.34. The van der Waals surface area contributed by atoms with Gasteiger partial charge in [-0.25, -0.2) is 0 Å². The third-order valence-electron chi connectivity index (χ3n) is 4.33. The van der Waals surface area contributed by atoms with Gasteiger partial charge in [-0.1, -0.05) is 0 Å². The summed E-state index contributed by atoms with van der Waals surface area (Å²) in [6.07, 6.45) is 2.91. The Kier molecular flexibility index (Phi) is 3.82. The molecular formula is C16H19NO4. The van der Waals surface area contributed by atoms with E-state index >= 15 is 0 Å². The van der Waals surface area contributed by atoms with Gasteiger partial charge in [0, 0.05) is 19.0 Å². The van der Waals surface area contributed by atoms with E-state index in [1.807, 2.05) is 4.90 Å². The third kappa shape index (κ3) is 2.73. The van der Waals surface area contributed by atoms with Crippen LogP contribution >= 0.6 is 0 Å². The fraction of sp³-hybridized carbons (Fsp3) is 0.500. The zero-order valence-corrected chi connectivity index (χ0v) is 12.1. The van der Waals surface area contributed by atoms with E-state index in [9.17, 15) is 9.59 Å². The predicted molar refractivity (Wildman–Crippen MR) is 76.1 cm³/mol. The van der Waals surface area contributed by atoms with Gasteiger partial charge in [-0.3, -0.25) is 9.59 Å². The third-order valence-corrected chi connectivity index (χ3v) is 4.33. The van der Waals surface area contributed by atoms with Gasteiger partial charge < -0.3 is 14.4 Å². The first-order valence-corrected chi connectivity index (χ1v) is 7.34. The van der Waals surface area contributed by atoms with E-state index in [0.717, 1.165) is 25.1 Å². The molecule has 1 amide bonds. The molecule has 0 aliphatic carbocycles. The lowest BCUT2D eigenvalue weighted by atomic mass is 9.89. The molecule has 0 N–H and O–H groups in total. The molecule has 0 aromatic heterocycles. The van der Waals surface area contributed by atoms with Crippen molar-refractivity contribution in [3.63, 3.8) is 0 Å². The molecular weight excluding hydrogens is 270 g/mol. The topological polar surface area (TPSA) is 55.8 Å². The summed E-state index contributed by atoms with van der Waals surface area (Å²) in [5.74, 6) is 0.977. The van der Waals surface area contributed by atoms with E-state index in [1.54, 1.807) is 31.4 Å². The number of piperidine rings is 1. The van der Waals surface area contributed by atoms with Crippen LogP contribution in [0.2, 0.25) is 0 Å². The molecule has 0 radical (unpaired) electrons. The van der Waals surface area contributed by atoms with Crippen LogP contribution in [0.25, 0.3) is 0 Å². The molecule has 0 bridgehead atoms. The van der Waals surface area contributed by atoms with E-state index in [-0.39, 0.29) is 23.8 Å². The Balaban J connectivity index is 1.68. The highest BCUT2D eigenvalue weighted by atomic mass is 16.5. The summed E-state index contributed by atoms with van der Waals surface area (Å²) in [5.41, 5.74) is 0. The zero-order chi connectivity index (χ0) is 14.8. The van der Waals surface area contributed by atoms with Gasteiger partial charge in [0.25, 0.3) is 0 Å². The summed E-state index contributed by atoms with van der Waals surface area (Å²) >= 11 is 0. The molecule has 2 fully saturated rings. The summed E-state index contributed by atoms with van der Waals surface area (Å²) < 4.78 is 10.5. The van der Waals surface area contributed by atoms with Crippen LogP contribution in [0.1, 0.15) is 25.7 Å². The van der Waals surface area contributed by atoms with E-state index in [0.29, 0.717) is 18.6 Å². The molecule has 2 saturated heterocycles. The van der Waals surface area contributed by atoms with Crippen molar-refractivity contribution >= 4 is 11.9 Å². The summed E-state index contributed by atoms with van der Waals surface area (Å²) in [6, 6.07) is 6.98. The second-order valence-corrected chi connectivity index (χ2v) is 5.54. The zero-order valence-electron chi connectivity index (χ0n) is 12.1. The lowest BCUT2D eigenvalue weighted by molar-refractivity contribution is -0.147. The van der Waals surface area contributed by atoms with E-state index in [4.69, 9.17) is 9.47 Å². The van der Waals surface area contributed by atoms with Crippen LogP contribution in [0.5, 0.6) is 11.5 Å². The van der Waals surface area contributed by atoms with Crippen LogP contribution in [-0.4, -0.2) is 36.5 Å². The van der Waals surface area contributed by atoms with Crippen LogP contribution in [-0.2, 0) is 9.59 Å². The minimum Gasteiger partial charge on any atom is -0.497 e. The quantitative estimate of drug-likeness (QED) is 0.631. The van der Waals surface area contributed by atoms with Crippen LogP contribution in [0.3, 0.4) is 0 Å². The van der Waals surface area contributed by atoms with E-state index in [2.05, 4.69) is 0 Å². The number of methoxy groups -OCH3 is 1. The molecule has 1 aromatic carbocycles. The SMILES string of the molecule is COc1ccc(OC(=O)[C@H]2CCC(=O)N3CCC[C@H]23)cc1. The van der Waals surface area contributed by atoms with Gasteiger partial charge >= 0.3 is 5.97 Å². The Hall–Kier alpha value is -2.04. The molecule has 5 nitrogen and oxygen atoms in total. The van der Waals surface area contributed by atoms with Crippen LogP contribution < -0.4 is 9.47 Å². The summed E-state index contributed by atoms with van der Waals surface area (Å²) in [4.78, 5) is 26.1. The number of ether oxygens (including phenoxy) is 2. The Morgan fingerprint density at radius 3 is 2.62 bits per heavy atom. The van der Waals surface area contributed by atoms with Gasteiger partial charge in [0.2, 0.25) is 5.91 Å². The monoisotopic (exact) mass is 289 g/mol. The van der Waals surface area contributed by atoms with Gasteiger partial charge in [0.15, 0.2) is 0 Å². The van der Waals surface area contributed by atoms with Crippen molar-refractivity contribution in [3.8, 4) is 11.5 Å². The van der Waals surface area contributed by atoms with Crippen molar-refractivity contribution in [2.45, 2.75) is 31.7 Å². The van der Waals surface area contributed by atoms with Crippen molar-refractivity contribution in [2.24, 2.45) is 5.92 Å². The molecule has 21 heavy (non-hydrogen) atoms. The summed E-state index contributed by atoms with van der Waals surface area (Å²) in [6.45, 7) is 0.774. The molecule has 0 saturated carbocycles.